The maximum Gasteiger partial charge on any atom is 0.263 e. The molecule has 1 saturated heterocycles. The van der Waals surface area contributed by atoms with Crippen molar-refractivity contribution in [3.8, 4) is 0 Å². The Bertz CT molecular complexity index is 932. The molecule has 7 heteroatoms. The van der Waals surface area contributed by atoms with Crippen molar-refractivity contribution in [3.63, 3.8) is 0 Å². The third-order valence-electron chi connectivity index (χ3n) is 4.53. The fourth-order valence-corrected chi connectivity index (χ4v) is 3.75. The lowest BCUT2D eigenvalue weighted by molar-refractivity contribution is 0.0785. The van der Waals surface area contributed by atoms with E-state index in [1.54, 1.807) is 17.9 Å². The average molecular weight is 354 g/mol. The van der Waals surface area contributed by atoms with Crippen LogP contribution in [0.15, 0.2) is 36.1 Å². The lowest BCUT2D eigenvalue weighted by atomic mass is 10.1. The fourth-order valence-electron chi connectivity index (χ4n) is 3.23. The second-order valence-electron chi connectivity index (χ2n) is 6.33. The number of hydrogen-bond donors (Lipinski definition) is 2. The SMILES string of the molecule is Cc1ccc2[nH]cc(C(=O)N3CC[C@H](NC(=O)c4cncs4)C3)c2c1. The van der Waals surface area contributed by atoms with Gasteiger partial charge in [-0.3, -0.25) is 14.6 Å². The van der Waals surface area contributed by atoms with Gasteiger partial charge in [-0.2, -0.15) is 0 Å². The van der Waals surface area contributed by atoms with Gasteiger partial charge in [0, 0.05) is 36.2 Å². The number of rotatable bonds is 3. The van der Waals surface area contributed by atoms with Crippen LogP contribution in [0.1, 0.15) is 32.0 Å². The second kappa shape index (κ2) is 6.33. The standard InChI is InChI=1S/C18H18N4O2S/c1-11-2-3-15-13(6-11)14(7-20-15)18(24)22-5-4-12(9-22)21-17(23)16-8-19-10-25-16/h2-3,6-8,10,12,20H,4-5,9H2,1H3,(H,21,23)/t12-/m0/s1. The Morgan fingerprint density at radius 1 is 1.40 bits per heavy atom. The number of likely N-dealkylation sites (tertiary alicyclic amines) is 1. The van der Waals surface area contributed by atoms with Gasteiger partial charge in [0.1, 0.15) is 4.88 Å². The normalized spacial score (nSPS) is 17.2. The lowest BCUT2D eigenvalue weighted by Gasteiger charge is -2.16. The number of nitrogens with zero attached hydrogens (tertiary/aromatic N) is 2. The number of carbonyl (C=O) groups is 2. The third-order valence-corrected chi connectivity index (χ3v) is 5.31. The number of nitrogens with one attached hydrogen (secondary N) is 2. The molecule has 128 valence electrons. The molecule has 0 saturated carbocycles. The smallest absolute Gasteiger partial charge is 0.263 e. The molecule has 2 aromatic heterocycles. The molecule has 4 rings (SSSR count). The summed E-state index contributed by atoms with van der Waals surface area (Å²) in [7, 11) is 0. The summed E-state index contributed by atoms with van der Waals surface area (Å²) in [5.74, 6) is -0.115. The zero-order chi connectivity index (χ0) is 17.4. The Hall–Kier alpha value is -2.67. The topological polar surface area (TPSA) is 78.1 Å². The van der Waals surface area contributed by atoms with Crippen molar-refractivity contribution >= 4 is 34.1 Å². The number of aromatic nitrogens is 2. The van der Waals surface area contributed by atoms with Crippen molar-refractivity contribution in [2.45, 2.75) is 19.4 Å². The van der Waals surface area contributed by atoms with Crippen LogP contribution < -0.4 is 5.32 Å². The number of carbonyl (C=O) groups excluding carboxylic acids is 2. The molecule has 1 aliphatic rings. The largest absolute Gasteiger partial charge is 0.360 e. The number of fused-ring (bicyclic) bond motifs is 1. The molecule has 0 aliphatic carbocycles. The third kappa shape index (κ3) is 3.02. The van der Waals surface area contributed by atoms with Crippen molar-refractivity contribution in [2.24, 2.45) is 0 Å². The number of thiazole rings is 1. The summed E-state index contributed by atoms with van der Waals surface area (Å²) in [4.78, 5) is 34.5. The fraction of sp³-hybridized carbons (Fsp3) is 0.278. The molecule has 1 aliphatic heterocycles. The molecule has 3 heterocycles. The highest BCUT2D eigenvalue weighted by molar-refractivity contribution is 7.11. The minimum absolute atomic E-state index is 0.00592. The molecule has 0 radical (unpaired) electrons. The lowest BCUT2D eigenvalue weighted by Crippen LogP contribution is -2.38. The molecule has 1 atom stereocenters. The van der Waals surface area contributed by atoms with Crippen LogP contribution >= 0.6 is 11.3 Å². The van der Waals surface area contributed by atoms with E-state index in [1.807, 2.05) is 30.0 Å². The molecule has 6 nitrogen and oxygen atoms in total. The van der Waals surface area contributed by atoms with Gasteiger partial charge >= 0.3 is 0 Å². The summed E-state index contributed by atoms with van der Waals surface area (Å²) in [6.07, 6.45) is 4.10. The predicted octanol–water partition coefficient (Wildman–Crippen LogP) is 2.58. The van der Waals surface area contributed by atoms with Gasteiger partial charge in [-0.25, -0.2) is 0 Å². The van der Waals surface area contributed by atoms with E-state index < -0.39 is 0 Å². The highest BCUT2D eigenvalue weighted by atomic mass is 32.1. The maximum atomic E-state index is 12.9. The summed E-state index contributed by atoms with van der Waals surface area (Å²) in [6, 6.07) is 6.01. The highest BCUT2D eigenvalue weighted by Crippen LogP contribution is 2.23. The van der Waals surface area contributed by atoms with Crippen LogP contribution in [0, 0.1) is 6.92 Å². The molecular weight excluding hydrogens is 336 g/mol. The Morgan fingerprint density at radius 3 is 3.08 bits per heavy atom. The molecular formula is C18H18N4O2S. The van der Waals surface area contributed by atoms with E-state index in [1.165, 1.54) is 11.3 Å². The Kier molecular flexibility index (Phi) is 4.01. The number of aryl methyl sites for hydroxylation is 1. The van der Waals surface area contributed by atoms with Gasteiger partial charge < -0.3 is 15.2 Å². The average Bonchev–Trinajstić information content (AvgIpc) is 3.34. The van der Waals surface area contributed by atoms with Crippen molar-refractivity contribution in [1.29, 1.82) is 0 Å². The summed E-state index contributed by atoms with van der Waals surface area (Å²) in [6.45, 7) is 3.19. The zero-order valence-electron chi connectivity index (χ0n) is 13.8. The van der Waals surface area contributed by atoms with E-state index >= 15 is 0 Å². The minimum Gasteiger partial charge on any atom is -0.360 e. The van der Waals surface area contributed by atoms with Gasteiger partial charge in [0.05, 0.1) is 17.3 Å². The summed E-state index contributed by atoms with van der Waals surface area (Å²) >= 11 is 1.31. The van der Waals surface area contributed by atoms with Crippen molar-refractivity contribution in [3.05, 3.63) is 52.1 Å². The second-order valence-corrected chi connectivity index (χ2v) is 7.21. The number of amides is 2. The van der Waals surface area contributed by atoms with Crippen molar-refractivity contribution < 1.29 is 9.59 Å². The van der Waals surface area contributed by atoms with E-state index in [9.17, 15) is 9.59 Å². The molecule has 0 spiro atoms. The molecule has 2 N–H and O–H groups in total. The zero-order valence-corrected chi connectivity index (χ0v) is 14.6. The first-order valence-corrected chi connectivity index (χ1v) is 9.06. The summed E-state index contributed by atoms with van der Waals surface area (Å²) in [5, 5.41) is 3.93. The Morgan fingerprint density at radius 2 is 2.28 bits per heavy atom. The molecule has 2 amide bonds. The van der Waals surface area contributed by atoms with Crippen LogP contribution in [0.25, 0.3) is 10.9 Å². The molecule has 1 fully saturated rings. The van der Waals surface area contributed by atoms with E-state index in [4.69, 9.17) is 0 Å². The summed E-state index contributed by atoms with van der Waals surface area (Å²) in [5.41, 5.74) is 4.41. The monoisotopic (exact) mass is 354 g/mol. The van der Waals surface area contributed by atoms with Crippen LogP contribution in [-0.4, -0.2) is 45.8 Å². The number of H-pyrrole nitrogens is 1. The van der Waals surface area contributed by atoms with Crippen LogP contribution in [0.5, 0.6) is 0 Å². The van der Waals surface area contributed by atoms with Gasteiger partial charge in [0.25, 0.3) is 11.8 Å². The highest BCUT2D eigenvalue weighted by Gasteiger charge is 2.29. The molecule has 3 aromatic rings. The number of aromatic amines is 1. The van der Waals surface area contributed by atoms with E-state index in [2.05, 4.69) is 15.3 Å². The van der Waals surface area contributed by atoms with Gasteiger partial charge in [0.15, 0.2) is 0 Å². The molecule has 0 bridgehead atoms. The first-order valence-electron chi connectivity index (χ1n) is 8.18. The first kappa shape index (κ1) is 15.8. The van der Waals surface area contributed by atoms with Crippen molar-refractivity contribution in [1.82, 2.24) is 20.2 Å². The minimum atomic E-state index is -0.121. The molecule has 1 aromatic carbocycles. The Labute approximate surface area is 148 Å². The van der Waals surface area contributed by atoms with Gasteiger partial charge in [0.2, 0.25) is 0 Å². The molecule has 25 heavy (non-hydrogen) atoms. The van der Waals surface area contributed by atoms with E-state index in [0.29, 0.717) is 23.5 Å². The van der Waals surface area contributed by atoms with Crippen LogP contribution in [0.4, 0.5) is 0 Å². The van der Waals surface area contributed by atoms with Gasteiger partial charge in [-0.15, -0.1) is 11.3 Å². The molecule has 0 unspecified atom stereocenters. The summed E-state index contributed by atoms with van der Waals surface area (Å²) < 4.78 is 0. The van der Waals surface area contributed by atoms with Crippen molar-refractivity contribution in [2.75, 3.05) is 13.1 Å². The van der Waals surface area contributed by atoms with Gasteiger partial charge in [-0.05, 0) is 25.5 Å². The Balaban J connectivity index is 1.46. The maximum absolute atomic E-state index is 12.9. The quantitative estimate of drug-likeness (QED) is 0.759. The number of benzene rings is 1. The van der Waals surface area contributed by atoms with Crippen LogP contribution in [-0.2, 0) is 0 Å². The van der Waals surface area contributed by atoms with E-state index in [0.717, 1.165) is 22.9 Å². The van der Waals surface area contributed by atoms with E-state index in [-0.39, 0.29) is 17.9 Å². The number of hydrogen-bond acceptors (Lipinski definition) is 4. The predicted molar refractivity (Wildman–Crippen MR) is 96.9 cm³/mol. The first-order chi connectivity index (χ1) is 12.1. The van der Waals surface area contributed by atoms with Crippen LogP contribution in [0.3, 0.4) is 0 Å². The van der Waals surface area contributed by atoms with Crippen LogP contribution in [0.2, 0.25) is 0 Å². The van der Waals surface area contributed by atoms with Gasteiger partial charge in [-0.1, -0.05) is 11.6 Å².